The Hall–Kier alpha value is -4.04. The Morgan fingerprint density at radius 2 is 1.85 bits per heavy atom. The summed E-state index contributed by atoms with van der Waals surface area (Å²) in [4.78, 5) is 36.8. The SMILES string of the molecule is CCOc1cc(/C=N\NC(=O)C(=O)NCc2ccc3c(c2)OCO3)cc(I)c1OCC(=O)Nc1ccc(C)c(Cl)c1. The Labute approximate surface area is 254 Å². The van der Waals surface area contributed by atoms with Crippen LogP contribution in [0.1, 0.15) is 23.6 Å². The first kappa shape index (κ1) is 29.9. The van der Waals surface area contributed by atoms with E-state index >= 15 is 0 Å². The number of carbonyl (C=O) groups is 3. The molecule has 0 saturated carbocycles. The molecule has 0 aromatic heterocycles. The number of amides is 3. The van der Waals surface area contributed by atoms with Crippen molar-refractivity contribution < 1.29 is 33.3 Å². The van der Waals surface area contributed by atoms with E-state index in [4.69, 9.17) is 30.5 Å². The van der Waals surface area contributed by atoms with Gasteiger partial charge >= 0.3 is 11.8 Å². The number of fused-ring (bicyclic) bond motifs is 1. The lowest BCUT2D eigenvalue weighted by molar-refractivity contribution is -0.139. The van der Waals surface area contributed by atoms with E-state index < -0.39 is 11.8 Å². The van der Waals surface area contributed by atoms with Crippen LogP contribution < -0.4 is 35.0 Å². The van der Waals surface area contributed by atoms with Gasteiger partial charge in [-0.15, -0.1) is 0 Å². The average molecular weight is 693 g/mol. The van der Waals surface area contributed by atoms with Gasteiger partial charge in [0.25, 0.3) is 5.91 Å². The summed E-state index contributed by atoms with van der Waals surface area (Å²) >= 11 is 8.17. The number of aryl methyl sites for hydroxylation is 1. The second kappa shape index (κ2) is 14.0. The van der Waals surface area contributed by atoms with Crippen LogP contribution in [0.15, 0.2) is 53.6 Å². The Bertz CT molecular complexity index is 1500. The van der Waals surface area contributed by atoms with E-state index in [-0.39, 0.29) is 25.9 Å². The number of carbonyl (C=O) groups excluding carboxylic acids is 3. The third-order valence-corrected chi connectivity index (χ3v) is 6.82. The van der Waals surface area contributed by atoms with Crippen LogP contribution in [0.4, 0.5) is 5.69 Å². The molecular formula is C28H26ClIN4O7. The van der Waals surface area contributed by atoms with E-state index in [1.54, 1.807) is 42.5 Å². The topological polar surface area (TPSA) is 137 Å². The molecule has 0 atom stereocenters. The van der Waals surface area contributed by atoms with Crippen molar-refractivity contribution in [2.45, 2.75) is 20.4 Å². The lowest BCUT2D eigenvalue weighted by Crippen LogP contribution is -2.37. The van der Waals surface area contributed by atoms with Crippen molar-refractivity contribution >= 4 is 63.8 Å². The Kier molecular flexibility index (Phi) is 10.2. The Balaban J connectivity index is 1.31. The highest BCUT2D eigenvalue weighted by Crippen LogP contribution is 2.34. The van der Waals surface area contributed by atoms with Crippen LogP contribution in [0, 0.1) is 10.5 Å². The zero-order chi connectivity index (χ0) is 29.4. The summed E-state index contributed by atoms with van der Waals surface area (Å²) in [7, 11) is 0. The molecule has 0 unspecified atom stereocenters. The first-order valence-electron chi connectivity index (χ1n) is 12.4. The number of nitrogens with one attached hydrogen (secondary N) is 3. The maximum Gasteiger partial charge on any atom is 0.329 e. The van der Waals surface area contributed by atoms with E-state index in [0.717, 1.165) is 11.1 Å². The van der Waals surface area contributed by atoms with E-state index in [2.05, 4.69) is 21.2 Å². The summed E-state index contributed by atoms with van der Waals surface area (Å²) in [5.41, 5.74) is 4.99. The quantitative estimate of drug-likeness (QED) is 0.126. The normalized spacial score (nSPS) is 11.7. The van der Waals surface area contributed by atoms with Gasteiger partial charge in [0.05, 0.1) is 16.4 Å². The van der Waals surface area contributed by atoms with Crippen molar-refractivity contribution in [2.75, 3.05) is 25.3 Å². The third-order valence-electron chi connectivity index (χ3n) is 5.61. The molecule has 1 aliphatic heterocycles. The fourth-order valence-electron chi connectivity index (χ4n) is 3.60. The number of hydrogen-bond donors (Lipinski definition) is 3. The summed E-state index contributed by atoms with van der Waals surface area (Å²) in [6, 6.07) is 13.8. The minimum atomic E-state index is -0.928. The smallest absolute Gasteiger partial charge is 0.329 e. The number of rotatable bonds is 10. The van der Waals surface area contributed by atoms with Crippen molar-refractivity contribution in [1.29, 1.82) is 0 Å². The van der Waals surface area contributed by atoms with Crippen molar-refractivity contribution in [3.8, 4) is 23.0 Å². The van der Waals surface area contributed by atoms with E-state index in [0.29, 0.717) is 49.4 Å². The molecule has 1 aliphatic rings. The van der Waals surface area contributed by atoms with Gasteiger partial charge in [0.1, 0.15) is 0 Å². The van der Waals surface area contributed by atoms with Gasteiger partial charge in [-0.1, -0.05) is 23.7 Å². The minimum Gasteiger partial charge on any atom is -0.490 e. The zero-order valence-electron chi connectivity index (χ0n) is 22.1. The molecule has 3 aromatic carbocycles. The van der Waals surface area contributed by atoms with Gasteiger partial charge in [-0.2, -0.15) is 5.10 Å². The van der Waals surface area contributed by atoms with Gasteiger partial charge in [0.15, 0.2) is 29.6 Å². The third kappa shape index (κ3) is 8.24. The predicted molar refractivity (Wildman–Crippen MR) is 161 cm³/mol. The van der Waals surface area contributed by atoms with Gasteiger partial charge in [0.2, 0.25) is 6.79 Å². The molecule has 0 fully saturated rings. The van der Waals surface area contributed by atoms with Crippen molar-refractivity contribution in [1.82, 2.24) is 10.7 Å². The number of hydrogen-bond acceptors (Lipinski definition) is 8. The zero-order valence-corrected chi connectivity index (χ0v) is 25.0. The molecule has 41 heavy (non-hydrogen) atoms. The Morgan fingerprint density at radius 3 is 2.63 bits per heavy atom. The van der Waals surface area contributed by atoms with Crippen molar-refractivity contribution in [3.05, 3.63) is 73.8 Å². The monoisotopic (exact) mass is 692 g/mol. The maximum atomic E-state index is 12.4. The number of nitrogens with zero attached hydrogens (tertiary/aromatic N) is 1. The largest absolute Gasteiger partial charge is 0.490 e. The van der Waals surface area contributed by atoms with Crippen molar-refractivity contribution in [3.63, 3.8) is 0 Å². The summed E-state index contributed by atoms with van der Waals surface area (Å²) in [6.07, 6.45) is 1.37. The number of hydrazone groups is 1. The second-order valence-electron chi connectivity index (χ2n) is 8.63. The average Bonchev–Trinajstić information content (AvgIpc) is 3.41. The molecular weight excluding hydrogens is 667 g/mol. The molecule has 3 aromatic rings. The summed E-state index contributed by atoms with van der Waals surface area (Å²) in [5.74, 6) is -0.161. The minimum absolute atomic E-state index is 0.126. The highest BCUT2D eigenvalue weighted by molar-refractivity contribution is 14.1. The van der Waals surface area contributed by atoms with Gasteiger partial charge in [-0.3, -0.25) is 14.4 Å². The van der Waals surface area contributed by atoms with Gasteiger partial charge in [-0.05, 0) is 89.5 Å². The van der Waals surface area contributed by atoms with Crippen LogP contribution >= 0.6 is 34.2 Å². The summed E-state index contributed by atoms with van der Waals surface area (Å²) < 4.78 is 22.7. The molecule has 0 saturated heterocycles. The molecule has 3 amide bonds. The molecule has 1 heterocycles. The second-order valence-corrected chi connectivity index (χ2v) is 10.2. The number of ether oxygens (including phenoxy) is 4. The van der Waals surface area contributed by atoms with Crippen LogP contribution in [-0.4, -0.2) is 43.9 Å². The first-order chi connectivity index (χ1) is 19.7. The molecule has 13 heteroatoms. The van der Waals surface area contributed by atoms with Crippen LogP contribution in [0.5, 0.6) is 23.0 Å². The van der Waals surface area contributed by atoms with E-state index in [9.17, 15) is 14.4 Å². The molecule has 4 rings (SSSR count). The van der Waals surface area contributed by atoms with E-state index in [1.807, 2.05) is 42.5 Å². The molecule has 0 aliphatic carbocycles. The molecule has 3 N–H and O–H groups in total. The molecule has 11 nitrogen and oxygen atoms in total. The highest BCUT2D eigenvalue weighted by Gasteiger charge is 2.17. The van der Waals surface area contributed by atoms with Gasteiger partial charge < -0.3 is 29.6 Å². The van der Waals surface area contributed by atoms with Crippen LogP contribution in [0.2, 0.25) is 5.02 Å². The molecule has 0 spiro atoms. The van der Waals surface area contributed by atoms with Gasteiger partial charge in [0, 0.05) is 17.3 Å². The summed E-state index contributed by atoms with van der Waals surface area (Å²) in [6.45, 7) is 4.05. The standard InChI is InChI=1S/C28H26ClIN4O7/c1-3-38-24-10-18(8-21(30)26(24)39-14-25(35)33-19-6-4-16(2)20(29)11-19)13-32-34-28(37)27(36)31-12-17-5-7-22-23(9-17)41-15-40-22/h4-11,13H,3,12,14-15H2,1-2H3,(H,31,36)(H,33,35)(H,34,37)/b32-13-. The molecule has 214 valence electrons. The van der Waals surface area contributed by atoms with Crippen LogP contribution in [0.25, 0.3) is 0 Å². The van der Waals surface area contributed by atoms with Crippen LogP contribution in [0.3, 0.4) is 0 Å². The first-order valence-corrected chi connectivity index (χ1v) is 13.8. The van der Waals surface area contributed by atoms with Crippen LogP contribution in [-0.2, 0) is 20.9 Å². The number of halogens is 2. The van der Waals surface area contributed by atoms with Crippen molar-refractivity contribution in [2.24, 2.45) is 5.10 Å². The number of benzene rings is 3. The fourth-order valence-corrected chi connectivity index (χ4v) is 4.56. The highest BCUT2D eigenvalue weighted by atomic mass is 127. The predicted octanol–water partition coefficient (Wildman–Crippen LogP) is 4.16. The lowest BCUT2D eigenvalue weighted by Gasteiger charge is -2.15. The summed E-state index contributed by atoms with van der Waals surface area (Å²) in [5, 5.41) is 9.69. The lowest BCUT2D eigenvalue weighted by atomic mass is 10.2. The fraction of sp³-hybridized carbons (Fsp3) is 0.214. The molecule has 0 bridgehead atoms. The van der Waals surface area contributed by atoms with Gasteiger partial charge in [-0.25, -0.2) is 5.43 Å². The Morgan fingerprint density at radius 1 is 1.05 bits per heavy atom. The van der Waals surface area contributed by atoms with E-state index in [1.165, 1.54) is 6.21 Å². The maximum absolute atomic E-state index is 12.4. The molecule has 0 radical (unpaired) electrons. The number of anilines is 1.